The molecular weight excluding hydrogens is 446 g/mol. The second-order valence-corrected chi connectivity index (χ2v) is 9.29. The Kier molecular flexibility index (Phi) is 5.40. The number of carbonyl (C=O) groups excluding carboxylic acids is 1. The molecule has 1 heterocycles. The van der Waals surface area contributed by atoms with Gasteiger partial charge < -0.3 is 10.2 Å². The molecule has 2 saturated carbocycles. The first kappa shape index (κ1) is 21.6. The fourth-order valence-corrected chi connectivity index (χ4v) is 4.40. The van der Waals surface area contributed by atoms with Gasteiger partial charge in [0.25, 0.3) is 5.91 Å². The predicted molar refractivity (Wildman–Crippen MR) is 131 cm³/mol. The number of benzene rings is 3. The maximum atomic E-state index is 15.8. The highest BCUT2D eigenvalue weighted by atomic mass is 19.1. The summed E-state index contributed by atoms with van der Waals surface area (Å²) in [5.74, 6) is -0.797. The summed E-state index contributed by atoms with van der Waals surface area (Å²) in [6.07, 6.45) is 5.38. The zero-order valence-corrected chi connectivity index (χ0v) is 19.0. The Morgan fingerprint density at radius 1 is 0.971 bits per heavy atom. The van der Waals surface area contributed by atoms with Crippen molar-refractivity contribution >= 4 is 22.6 Å². The summed E-state index contributed by atoms with van der Waals surface area (Å²) >= 11 is 0. The van der Waals surface area contributed by atoms with E-state index in [1.165, 1.54) is 18.5 Å². The van der Waals surface area contributed by atoms with E-state index >= 15 is 4.39 Å². The third kappa shape index (κ3) is 4.34. The van der Waals surface area contributed by atoms with Gasteiger partial charge in [-0.2, -0.15) is 0 Å². The number of anilines is 1. The van der Waals surface area contributed by atoms with Crippen LogP contribution in [0.15, 0.2) is 67.0 Å². The van der Waals surface area contributed by atoms with E-state index in [9.17, 15) is 9.18 Å². The maximum absolute atomic E-state index is 15.8. The summed E-state index contributed by atoms with van der Waals surface area (Å²) in [7, 11) is 0. The molecule has 35 heavy (non-hydrogen) atoms. The molecule has 1 N–H and O–H groups in total. The largest absolute Gasteiger partial charge is 0.367 e. The zero-order valence-electron chi connectivity index (χ0n) is 19.0. The molecule has 1 amide bonds. The lowest BCUT2D eigenvalue weighted by atomic mass is 9.99. The number of nitrogens with one attached hydrogen (secondary N) is 1. The van der Waals surface area contributed by atoms with Crippen molar-refractivity contribution in [2.75, 3.05) is 5.32 Å². The highest BCUT2D eigenvalue weighted by molar-refractivity contribution is 5.95. The third-order valence-electron chi connectivity index (χ3n) is 6.65. The van der Waals surface area contributed by atoms with Crippen molar-refractivity contribution < 1.29 is 13.6 Å². The minimum atomic E-state index is -0.655. The molecule has 3 aromatic carbocycles. The van der Waals surface area contributed by atoms with Gasteiger partial charge in [0.1, 0.15) is 23.8 Å². The Balaban J connectivity index is 1.37. The number of fused-ring (bicyclic) bond motifs is 1. The number of nitrogens with zero attached hydrogens (tertiary/aromatic N) is 3. The molecule has 6 rings (SSSR count). The van der Waals surface area contributed by atoms with Gasteiger partial charge in [0, 0.05) is 34.2 Å². The van der Waals surface area contributed by atoms with Crippen molar-refractivity contribution in [1.29, 1.82) is 0 Å². The van der Waals surface area contributed by atoms with Crippen molar-refractivity contribution in [3.63, 3.8) is 0 Å². The summed E-state index contributed by atoms with van der Waals surface area (Å²) in [5.41, 5.74) is 2.06. The standard InChI is InChI=1S/C28H24F2N4O/c29-24-12-11-21(18-6-13-25-22(14-18)27(32-16-31-25)33-19-7-8-19)26(30)23(24)15-34(20-9-10-20)28(35)17-4-2-1-3-5-17/h1-6,11-14,16,19-20H,7-10,15H2,(H,31,32,33). The smallest absolute Gasteiger partial charge is 0.254 e. The monoisotopic (exact) mass is 470 g/mol. The Labute approximate surface area is 201 Å². The third-order valence-corrected chi connectivity index (χ3v) is 6.65. The van der Waals surface area contributed by atoms with Gasteiger partial charge in [0.2, 0.25) is 0 Å². The fraction of sp³-hybridized carbons (Fsp3) is 0.250. The molecule has 0 atom stereocenters. The zero-order chi connectivity index (χ0) is 23.9. The SMILES string of the molecule is O=C(c1ccccc1)N(Cc1c(F)ccc(-c2ccc3ncnc(NC4CC4)c3c2)c1F)C1CC1. The number of halogens is 2. The molecule has 176 valence electrons. The quantitative estimate of drug-likeness (QED) is 0.362. The highest BCUT2D eigenvalue weighted by Gasteiger charge is 2.34. The van der Waals surface area contributed by atoms with E-state index in [0.29, 0.717) is 17.2 Å². The highest BCUT2D eigenvalue weighted by Crippen LogP contribution is 2.35. The Morgan fingerprint density at radius 2 is 1.77 bits per heavy atom. The van der Waals surface area contributed by atoms with Crippen LogP contribution in [0, 0.1) is 11.6 Å². The number of hydrogen-bond donors (Lipinski definition) is 1. The van der Waals surface area contributed by atoms with E-state index in [-0.39, 0.29) is 29.6 Å². The maximum Gasteiger partial charge on any atom is 0.254 e. The summed E-state index contributed by atoms with van der Waals surface area (Å²) in [6, 6.07) is 17.4. The average molecular weight is 471 g/mol. The van der Waals surface area contributed by atoms with Gasteiger partial charge >= 0.3 is 0 Å². The van der Waals surface area contributed by atoms with Crippen molar-refractivity contribution in [2.45, 2.75) is 44.3 Å². The van der Waals surface area contributed by atoms with Crippen molar-refractivity contribution in [3.8, 4) is 11.1 Å². The van der Waals surface area contributed by atoms with Gasteiger partial charge in [-0.15, -0.1) is 0 Å². The van der Waals surface area contributed by atoms with Crippen LogP contribution >= 0.6 is 0 Å². The lowest BCUT2D eigenvalue weighted by Gasteiger charge is -2.24. The van der Waals surface area contributed by atoms with Crippen LogP contribution in [-0.2, 0) is 6.54 Å². The Bertz CT molecular complexity index is 1420. The molecule has 7 heteroatoms. The minimum absolute atomic E-state index is 0.000892. The van der Waals surface area contributed by atoms with Crippen LogP contribution < -0.4 is 5.32 Å². The predicted octanol–water partition coefficient (Wildman–Crippen LogP) is 5.95. The fourth-order valence-electron chi connectivity index (χ4n) is 4.40. The van der Waals surface area contributed by atoms with Gasteiger partial charge in [-0.1, -0.05) is 24.3 Å². The molecule has 1 aromatic heterocycles. The topological polar surface area (TPSA) is 58.1 Å². The Morgan fingerprint density at radius 3 is 2.51 bits per heavy atom. The summed E-state index contributed by atoms with van der Waals surface area (Å²) in [4.78, 5) is 23.4. The molecule has 0 unspecified atom stereocenters. The van der Waals surface area contributed by atoms with Gasteiger partial charge in [0.05, 0.1) is 12.1 Å². The first-order chi connectivity index (χ1) is 17.1. The molecular formula is C28H24F2N4O. The summed E-state index contributed by atoms with van der Waals surface area (Å²) < 4.78 is 30.7. The van der Waals surface area contributed by atoms with Crippen LogP contribution in [-0.4, -0.2) is 32.9 Å². The minimum Gasteiger partial charge on any atom is -0.367 e. The summed E-state index contributed by atoms with van der Waals surface area (Å²) in [5, 5.41) is 4.19. The second kappa shape index (κ2) is 8.73. The number of carbonyl (C=O) groups is 1. The molecule has 2 aliphatic rings. The molecule has 0 spiro atoms. The van der Waals surface area contributed by atoms with E-state index in [2.05, 4.69) is 15.3 Å². The molecule has 0 bridgehead atoms. The molecule has 0 radical (unpaired) electrons. The van der Waals surface area contributed by atoms with E-state index in [4.69, 9.17) is 0 Å². The van der Waals surface area contributed by atoms with E-state index in [1.54, 1.807) is 35.2 Å². The normalized spacial score (nSPS) is 15.3. The van der Waals surface area contributed by atoms with Crippen LogP contribution in [0.25, 0.3) is 22.0 Å². The van der Waals surface area contributed by atoms with Gasteiger partial charge in [-0.25, -0.2) is 18.7 Å². The Hall–Kier alpha value is -3.87. The lowest BCUT2D eigenvalue weighted by Crippen LogP contribution is -2.33. The number of rotatable bonds is 7. The van der Waals surface area contributed by atoms with Crippen LogP contribution in [0.1, 0.15) is 41.6 Å². The second-order valence-electron chi connectivity index (χ2n) is 9.29. The average Bonchev–Trinajstić information content (AvgIpc) is 3.80. The van der Waals surface area contributed by atoms with E-state index < -0.39 is 11.6 Å². The summed E-state index contributed by atoms with van der Waals surface area (Å²) in [6.45, 7) is -0.116. The van der Waals surface area contributed by atoms with Crippen LogP contribution in [0.4, 0.5) is 14.6 Å². The molecule has 0 aliphatic heterocycles. The van der Waals surface area contributed by atoms with Crippen molar-refractivity contribution in [3.05, 3.63) is 89.8 Å². The molecule has 0 saturated heterocycles. The van der Waals surface area contributed by atoms with Gasteiger partial charge in [-0.3, -0.25) is 4.79 Å². The number of aromatic nitrogens is 2. The van der Waals surface area contributed by atoms with E-state index in [0.717, 1.165) is 42.4 Å². The first-order valence-electron chi connectivity index (χ1n) is 11.9. The molecule has 5 nitrogen and oxygen atoms in total. The van der Waals surface area contributed by atoms with Crippen LogP contribution in [0.2, 0.25) is 0 Å². The van der Waals surface area contributed by atoms with Crippen LogP contribution in [0.3, 0.4) is 0 Å². The van der Waals surface area contributed by atoms with Gasteiger partial charge in [0.15, 0.2) is 0 Å². The lowest BCUT2D eigenvalue weighted by molar-refractivity contribution is 0.0726. The van der Waals surface area contributed by atoms with Crippen molar-refractivity contribution in [1.82, 2.24) is 14.9 Å². The molecule has 4 aromatic rings. The number of hydrogen-bond acceptors (Lipinski definition) is 4. The van der Waals surface area contributed by atoms with Crippen molar-refractivity contribution in [2.24, 2.45) is 0 Å². The first-order valence-corrected chi connectivity index (χ1v) is 11.9. The molecule has 2 aliphatic carbocycles. The van der Waals surface area contributed by atoms with Crippen LogP contribution in [0.5, 0.6) is 0 Å². The van der Waals surface area contributed by atoms with E-state index in [1.807, 2.05) is 18.2 Å². The molecule has 2 fully saturated rings. The number of amides is 1. The van der Waals surface area contributed by atoms with Gasteiger partial charge in [-0.05, 0) is 67.6 Å².